The van der Waals surface area contributed by atoms with E-state index in [-0.39, 0.29) is 0 Å². The highest BCUT2D eigenvalue weighted by Crippen LogP contribution is 2.20. The predicted molar refractivity (Wildman–Crippen MR) is 43.9 cm³/mol. The van der Waals surface area contributed by atoms with Gasteiger partial charge in [-0.1, -0.05) is 6.92 Å². The maximum atomic E-state index is 5.64. The lowest BCUT2D eigenvalue weighted by molar-refractivity contribution is 0.136. The van der Waals surface area contributed by atoms with E-state index in [4.69, 9.17) is 5.73 Å². The average Bonchev–Trinajstić information content (AvgIpc) is 1.88. The van der Waals surface area contributed by atoms with Crippen LogP contribution in [0.25, 0.3) is 0 Å². The largest absolute Gasteiger partial charge is 0.329 e. The number of hydrogen-bond donors (Lipinski definition) is 1. The molecule has 0 aromatic carbocycles. The maximum Gasteiger partial charge on any atom is 0.0240 e. The SMILES string of the molecule is C[C@@H]1CCCN(C)[C@@H]1CN. The van der Waals surface area contributed by atoms with Crippen LogP contribution in [0.5, 0.6) is 0 Å². The number of nitrogens with two attached hydrogens (primary N) is 1. The van der Waals surface area contributed by atoms with E-state index in [1.165, 1.54) is 19.4 Å². The van der Waals surface area contributed by atoms with Gasteiger partial charge >= 0.3 is 0 Å². The van der Waals surface area contributed by atoms with E-state index in [9.17, 15) is 0 Å². The summed E-state index contributed by atoms with van der Waals surface area (Å²) in [7, 11) is 2.17. The lowest BCUT2D eigenvalue weighted by atomic mass is 9.91. The summed E-state index contributed by atoms with van der Waals surface area (Å²) in [6.45, 7) is 4.34. The first-order valence-corrected chi connectivity index (χ1v) is 4.16. The van der Waals surface area contributed by atoms with Crippen molar-refractivity contribution in [1.29, 1.82) is 0 Å². The normalized spacial score (nSPS) is 36.3. The number of piperidine rings is 1. The van der Waals surface area contributed by atoms with Crippen molar-refractivity contribution >= 4 is 0 Å². The molecule has 0 aromatic heterocycles. The summed E-state index contributed by atoms with van der Waals surface area (Å²) in [5.41, 5.74) is 5.64. The highest BCUT2D eigenvalue weighted by Gasteiger charge is 2.23. The van der Waals surface area contributed by atoms with E-state index in [0.29, 0.717) is 6.04 Å². The molecule has 0 amide bonds. The van der Waals surface area contributed by atoms with Gasteiger partial charge < -0.3 is 10.6 Å². The van der Waals surface area contributed by atoms with Crippen LogP contribution in [-0.2, 0) is 0 Å². The minimum Gasteiger partial charge on any atom is -0.329 e. The molecule has 10 heavy (non-hydrogen) atoms. The number of rotatable bonds is 1. The number of likely N-dealkylation sites (N-methyl/N-ethyl adjacent to an activating group) is 1. The summed E-state index contributed by atoms with van der Waals surface area (Å²) in [5.74, 6) is 0.795. The Labute approximate surface area is 63.4 Å². The van der Waals surface area contributed by atoms with Gasteiger partial charge in [-0.2, -0.15) is 0 Å². The first-order valence-electron chi connectivity index (χ1n) is 4.16. The molecule has 0 bridgehead atoms. The van der Waals surface area contributed by atoms with Crippen LogP contribution in [0.3, 0.4) is 0 Å². The molecule has 60 valence electrons. The Balaban J connectivity index is 2.45. The van der Waals surface area contributed by atoms with Gasteiger partial charge in [0.05, 0.1) is 0 Å². The van der Waals surface area contributed by atoms with Gasteiger partial charge in [-0.05, 0) is 32.4 Å². The first-order chi connectivity index (χ1) is 4.75. The van der Waals surface area contributed by atoms with Crippen LogP contribution in [0.15, 0.2) is 0 Å². The van der Waals surface area contributed by atoms with Crippen molar-refractivity contribution in [3.05, 3.63) is 0 Å². The summed E-state index contributed by atoms with van der Waals surface area (Å²) in [6, 6.07) is 0.633. The second-order valence-corrected chi connectivity index (χ2v) is 3.40. The standard InChI is InChI=1S/C8H18N2/c1-7-4-3-5-10(2)8(7)6-9/h7-8H,3-6,9H2,1-2H3/t7-,8-/m1/s1. The van der Waals surface area contributed by atoms with Crippen molar-refractivity contribution in [2.75, 3.05) is 20.1 Å². The first kappa shape index (κ1) is 8.02. The monoisotopic (exact) mass is 142 g/mol. The Morgan fingerprint density at radius 3 is 2.70 bits per heavy atom. The average molecular weight is 142 g/mol. The van der Waals surface area contributed by atoms with Crippen LogP contribution < -0.4 is 5.73 Å². The molecule has 0 radical (unpaired) electrons. The molecular weight excluding hydrogens is 124 g/mol. The molecule has 2 nitrogen and oxygen atoms in total. The van der Waals surface area contributed by atoms with Gasteiger partial charge in [-0.25, -0.2) is 0 Å². The summed E-state index contributed by atoms with van der Waals surface area (Å²) in [4.78, 5) is 2.38. The van der Waals surface area contributed by atoms with Crippen LogP contribution in [0.4, 0.5) is 0 Å². The van der Waals surface area contributed by atoms with Crippen LogP contribution in [0.2, 0.25) is 0 Å². The Bertz CT molecular complexity index is 93.4. The summed E-state index contributed by atoms with van der Waals surface area (Å²) >= 11 is 0. The predicted octanol–water partition coefficient (Wildman–Crippen LogP) is 0.675. The molecule has 2 N–H and O–H groups in total. The Morgan fingerprint density at radius 1 is 1.60 bits per heavy atom. The molecule has 0 unspecified atom stereocenters. The molecule has 1 aliphatic heterocycles. The quantitative estimate of drug-likeness (QED) is 0.583. The van der Waals surface area contributed by atoms with Gasteiger partial charge in [0.15, 0.2) is 0 Å². The summed E-state index contributed by atoms with van der Waals surface area (Å²) in [5, 5.41) is 0. The lowest BCUT2D eigenvalue weighted by Gasteiger charge is -2.36. The zero-order chi connectivity index (χ0) is 7.56. The molecule has 1 rings (SSSR count). The lowest BCUT2D eigenvalue weighted by Crippen LogP contribution is -2.46. The molecule has 0 aliphatic carbocycles. The molecule has 1 heterocycles. The molecule has 2 atom stereocenters. The second kappa shape index (κ2) is 3.35. The van der Waals surface area contributed by atoms with E-state index in [0.717, 1.165) is 12.5 Å². The van der Waals surface area contributed by atoms with Gasteiger partial charge in [0.1, 0.15) is 0 Å². The second-order valence-electron chi connectivity index (χ2n) is 3.40. The number of likely N-dealkylation sites (tertiary alicyclic amines) is 1. The molecule has 1 aliphatic rings. The van der Waals surface area contributed by atoms with E-state index >= 15 is 0 Å². The minimum atomic E-state index is 0.633. The molecule has 0 aromatic rings. The zero-order valence-corrected chi connectivity index (χ0v) is 7.01. The van der Waals surface area contributed by atoms with Gasteiger partial charge in [0.2, 0.25) is 0 Å². The van der Waals surface area contributed by atoms with E-state index in [2.05, 4.69) is 18.9 Å². The fourth-order valence-corrected chi connectivity index (χ4v) is 1.87. The van der Waals surface area contributed by atoms with E-state index in [1.54, 1.807) is 0 Å². The van der Waals surface area contributed by atoms with Gasteiger partial charge in [-0.15, -0.1) is 0 Å². The third kappa shape index (κ3) is 1.50. The third-order valence-corrected chi connectivity index (χ3v) is 2.63. The molecule has 2 heteroatoms. The Kier molecular flexibility index (Phi) is 2.69. The van der Waals surface area contributed by atoms with Gasteiger partial charge in [0.25, 0.3) is 0 Å². The van der Waals surface area contributed by atoms with Crippen LogP contribution in [-0.4, -0.2) is 31.1 Å². The van der Waals surface area contributed by atoms with Crippen molar-refractivity contribution in [2.45, 2.75) is 25.8 Å². The summed E-state index contributed by atoms with van der Waals surface area (Å²) < 4.78 is 0. The zero-order valence-electron chi connectivity index (χ0n) is 7.01. The molecule has 1 fully saturated rings. The Morgan fingerprint density at radius 2 is 2.30 bits per heavy atom. The van der Waals surface area contributed by atoms with Gasteiger partial charge in [-0.3, -0.25) is 0 Å². The number of nitrogens with zero attached hydrogens (tertiary/aromatic N) is 1. The van der Waals surface area contributed by atoms with Crippen molar-refractivity contribution in [3.63, 3.8) is 0 Å². The van der Waals surface area contributed by atoms with Crippen molar-refractivity contribution in [3.8, 4) is 0 Å². The number of hydrogen-bond acceptors (Lipinski definition) is 2. The minimum absolute atomic E-state index is 0.633. The van der Waals surface area contributed by atoms with E-state index in [1.807, 2.05) is 0 Å². The van der Waals surface area contributed by atoms with Gasteiger partial charge in [0, 0.05) is 12.6 Å². The topological polar surface area (TPSA) is 29.3 Å². The van der Waals surface area contributed by atoms with Crippen molar-refractivity contribution in [2.24, 2.45) is 11.7 Å². The molecular formula is C8H18N2. The maximum absolute atomic E-state index is 5.64. The van der Waals surface area contributed by atoms with Crippen molar-refractivity contribution in [1.82, 2.24) is 4.90 Å². The van der Waals surface area contributed by atoms with Crippen molar-refractivity contribution < 1.29 is 0 Å². The fourth-order valence-electron chi connectivity index (χ4n) is 1.87. The summed E-state index contributed by atoms with van der Waals surface area (Å²) in [6.07, 6.45) is 2.69. The Hall–Kier alpha value is -0.0800. The fraction of sp³-hybridized carbons (Fsp3) is 1.00. The molecule has 0 spiro atoms. The van der Waals surface area contributed by atoms with Crippen LogP contribution in [0.1, 0.15) is 19.8 Å². The van der Waals surface area contributed by atoms with Crippen LogP contribution >= 0.6 is 0 Å². The van der Waals surface area contributed by atoms with Crippen LogP contribution in [0, 0.1) is 5.92 Å². The molecule has 0 saturated carbocycles. The third-order valence-electron chi connectivity index (χ3n) is 2.63. The molecule has 1 saturated heterocycles. The van der Waals surface area contributed by atoms with E-state index < -0.39 is 0 Å². The smallest absolute Gasteiger partial charge is 0.0240 e. The highest BCUT2D eigenvalue weighted by molar-refractivity contribution is 4.80. The highest BCUT2D eigenvalue weighted by atomic mass is 15.1.